The molecule has 158 valence electrons. The van der Waals surface area contributed by atoms with Crippen LogP contribution >= 0.6 is 0 Å². The highest BCUT2D eigenvalue weighted by Gasteiger charge is 2.51. The van der Waals surface area contributed by atoms with Gasteiger partial charge in [0.2, 0.25) is 15.9 Å². The summed E-state index contributed by atoms with van der Waals surface area (Å²) in [7, 11) is -1.82. The molecule has 2 saturated heterocycles. The molecule has 10 nitrogen and oxygen atoms in total. The Kier molecular flexibility index (Phi) is 4.94. The van der Waals surface area contributed by atoms with E-state index in [2.05, 4.69) is 15.5 Å². The summed E-state index contributed by atoms with van der Waals surface area (Å²) in [5.74, 6) is -0.826. The minimum absolute atomic E-state index is 0.0791. The number of hydrogen-bond acceptors (Lipinski definition) is 7. The SMILES string of the molecule is CC1NOC(CN2C(=O)C3CC(S(=O)(=O)NC4(C)CC4)CCC3N(C)C2=O)N1. The second kappa shape index (κ2) is 6.91. The topological polar surface area (TPSA) is 120 Å². The van der Waals surface area contributed by atoms with Gasteiger partial charge < -0.3 is 4.90 Å². The minimum Gasteiger partial charge on any atom is -0.324 e. The minimum atomic E-state index is -3.50. The van der Waals surface area contributed by atoms with Gasteiger partial charge in [-0.3, -0.25) is 19.8 Å². The van der Waals surface area contributed by atoms with E-state index in [1.54, 1.807) is 11.9 Å². The van der Waals surface area contributed by atoms with Crippen LogP contribution in [0.15, 0.2) is 0 Å². The molecule has 2 heterocycles. The van der Waals surface area contributed by atoms with Gasteiger partial charge in [0.25, 0.3) is 0 Å². The van der Waals surface area contributed by atoms with Crippen LogP contribution in [0.3, 0.4) is 0 Å². The summed E-state index contributed by atoms with van der Waals surface area (Å²) < 4.78 is 28.4. The first kappa shape index (κ1) is 20.0. The fraction of sp³-hybridized carbons (Fsp3) is 0.882. The van der Waals surface area contributed by atoms with Gasteiger partial charge in [-0.2, -0.15) is 5.48 Å². The van der Waals surface area contributed by atoms with Crippen LogP contribution in [-0.4, -0.2) is 73.0 Å². The summed E-state index contributed by atoms with van der Waals surface area (Å²) in [5, 5.41) is 2.48. The van der Waals surface area contributed by atoms with E-state index in [0.717, 1.165) is 12.8 Å². The van der Waals surface area contributed by atoms with Gasteiger partial charge in [0.1, 0.15) is 6.23 Å². The van der Waals surface area contributed by atoms with Crippen LogP contribution in [0.1, 0.15) is 46.0 Å². The van der Waals surface area contributed by atoms with Gasteiger partial charge in [0, 0.05) is 18.6 Å². The molecule has 0 aromatic rings. The lowest BCUT2D eigenvalue weighted by Crippen LogP contribution is -2.64. The molecule has 2 saturated carbocycles. The number of carbonyl (C=O) groups excluding carboxylic acids is 2. The first-order valence-electron chi connectivity index (χ1n) is 9.88. The second-order valence-corrected chi connectivity index (χ2v) is 10.7. The molecule has 4 fully saturated rings. The zero-order chi connectivity index (χ0) is 20.3. The van der Waals surface area contributed by atoms with Crippen molar-refractivity contribution in [3.8, 4) is 0 Å². The number of fused-ring (bicyclic) bond motifs is 1. The first-order valence-corrected chi connectivity index (χ1v) is 11.4. The third-order valence-electron chi connectivity index (χ3n) is 6.38. The molecular weight excluding hydrogens is 386 g/mol. The van der Waals surface area contributed by atoms with Gasteiger partial charge in [-0.25, -0.2) is 17.9 Å². The Bertz CT molecular complexity index is 770. The zero-order valence-corrected chi connectivity index (χ0v) is 17.3. The summed E-state index contributed by atoms with van der Waals surface area (Å²) in [4.78, 5) is 34.0. The monoisotopic (exact) mass is 415 g/mol. The molecule has 4 rings (SSSR count). The van der Waals surface area contributed by atoms with Gasteiger partial charge in [-0.05, 0) is 46.0 Å². The van der Waals surface area contributed by atoms with E-state index < -0.39 is 27.4 Å². The van der Waals surface area contributed by atoms with Crippen molar-refractivity contribution in [3.63, 3.8) is 0 Å². The molecule has 4 aliphatic rings. The number of imide groups is 1. The molecule has 28 heavy (non-hydrogen) atoms. The van der Waals surface area contributed by atoms with E-state index in [1.807, 2.05) is 13.8 Å². The molecule has 2 aliphatic heterocycles. The quantitative estimate of drug-likeness (QED) is 0.563. The van der Waals surface area contributed by atoms with Crippen molar-refractivity contribution in [2.75, 3.05) is 13.6 Å². The van der Waals surface area contributed by atoms with Crippen molar-refractivity contribution < 1.29 is 22.8 Å². The molecule has 5 atom stereocenters. The van der Waals surface area contributed by atoms with Crippen LogP contribution < -0.4 is 15.5 Å². The number of sulfonamides is 1. The number of nitrogens with zero attached hydrogens (tertiary/aromatic N) is 2. The smallest absolute Gasteiger partial charge is 0.324 e. The summed E-state index contributed by atoms with van der Waals surface area (Å²) in [6.45, 7) is 3.85. The van der Waals surface area contributed by atoms with Crippen molar-refractivity contribution >= 4 is 22.0 Å². The number of rotatable bonds is 5. The maximum atomic E-state index is 13.1. The second-order valence-electron chi connectivity index (χ2n) is 8.77. The standard InChI is InChI=1S/C17H29N5O5S/c1-10-18-14(27-19-10)9-22-15(23)12-8-11(4-5-13(12)21(3)16(22)24)28(25,26)20-17(2)6-7-17/h10-14,18-20H,4-9H2,1-3H3. The van der Waals surface area contributed by atoms with E-state index >= 15 is 0 Å². The molecular formula is C17H29N5O5S. The van der Waals surface area contributed by atoms with Gasteiger partial charge >= 0.3 is 6.03 Å². The van der Waals surface area contributed by atoms with Crippen LogP contribution in [0.2, 0.25) is 0 Å². The molecule has 0 spiro atoms. The average Bonchev–Trinajstić information content (AvgIpc) is 3.20. The Morgan fingerprint density at radius 1 is 1.29 bits per heavy atom. The van der Waals surface area contributed by atoms with E-state index in [-0.39, 0.29) is 42.7 Å². The third-order valence-corrected chi connectivity index (χ3v) is 8.46. The molecule has 3 amide bonds. The fourth-order valence-electron chi connectivity index (χ4n) is 4.42. The van der Waals surface area contributed by atoms with Crippen molar-refractivity contribution in [1.82, 2.24) is 25.3 Å². The maximum absolute atomic E-state index is 13.1. The van der Waals surface area contributed by atoms with Crippen LogP contribution in [0, 0.1) is 5.92 Å². The van der Waals surface area contributed by atoms with E-state index in [4.69, 9.17) is 4.84 Å². The summed E-state index contributed by atoms with van der Waals surface area (Å²) >= 11 is 0. The summed E-state index contributed by atoms with van der Waals surface area (Å²) in [6, 6.07) is -0.616. The maximum Gasteiger partial charge on any atom is 0.326 e. The third kappa shape index (κ3) is 3.65. The molecule has 2 aliphatic carbocycles. The van der Waals surface area contributed by atoms with Crippen molar-refractivity contribution in [2.24, 2.45) is 5.92 Å². The van der Waals surface area contributed by atoms with E-state index in [1.165, 1.54) is 4.90 Å². The Balaban J connectivity index is 1.49. The van der Waals surface area contributed by atoms with Crippen LogP contribution in [0.4, 0.5) is 4.79 Å². The molecule has 5 unspecified atom stereocenters. The molecule has 0 aromatic heterocycles. The normalized spacial score (nSPS) is 37.9. The number of urea groups is 1. The van der Waals surface area contributed by atoms with E-state index in [9.17, 15) is 18.0 Å². The average molecular weight is 416 g/mol. The predicted octanol–water partition coefficient (Wildman–Crippen LogP) is -0.314. The lowest BCUT2D eigenvalue weighted by Gasteiger charge is -2.47. The van der Waals surface area contributed by atoms with E-state index in [0.29, 0.717) is 12.8 Å². The van der Waals surface area contributed by atoms with Gasteiger partial charge in [-0.1, -0.05) is 0 Å². The highest BCUT2D eigenvalue weighted by atomic mass is 32.2. The number of nitrogens with one attached hydrogen (secondary N) is 3. The molecule has 0 aromatic carbocycles. The summed E-state index contributed by atoms with van der Waals surface area (Å²) in [5.41, 5.74) is 2.42. The van der Waals surface area contributed by atoms with Crippen molar-refractivity contribution in [2.45, 2.75) is 75.2 Å². The highest BCUT2D eigenvalue weighted by Crippen LogP contribution is 2.39. The first-order chi connectivity index (χ1) is 13.1. The Morgan fingerprint density at radius 3 is 2.61 bits per heavy atom. The molecule has 11 heteroatoms. The zero-order valence-electron chi connectivity index (χ0n) is 16.5. The number of hydrogen-bond donors (Lipinski definition) is 3. The fourth-order valence-corrected chi connectivity index (χ4v) is 6.39. The predicted molar refractivity (Wildman–Crippen MR) is 100 cm³/mol. The van der Waals surface area contributed by atoms with Gasteiger partial charge in [0.05, 0.1) is 23.9 Å². The molecule has 3 N–H and O–H groups in total. The Hall–Kier alpha value is -1.27. The summed E-state index contributed by atoms with van der Waals surface area (Å²) in [6.07, 6.45) is 2.30. The highest BCUT2D eigenvalue weighted by molar-refractivity contribution is 7.90. The number of carbonyl (C=O) groups is 2. The lowest BCUT2D eigenvalue weighted by molar-refractivity contribution is -0.142. The molecule has 0 radical (unpaired) electrons. The van der Waals surface area contributed by atoms with Gasteiger partial charge in [0.15, 0.2) is 0 Å². The van der Waals surface area contributed by atoms with Crippen LogP contribution in [0.25, 0.3) is 0 Å². The van der Waals surface area contributed by atoms with Crippen molar-refractivity contribution in [1.29, 1.82) is 0 Å². The number of amides is 3. The Morgan fingerprint density at radius 2 is 2.00 bits per heavy atom. The van der Waals surface area contributed by atoms with Crippen molar-refractivity contribution in [3.05, 3.63) is 0 Å². The van der Waals surface area contributed by atoms with Crippen LogP contribution in [0.5, 0.6) is 0 Å². The number of hydroxylamine groups is 1. The van der Waals surface area contributed by atoms with Crippen LogP contribution in [-0.2, 0) is 19.7 Å². The molecule has 0 bridgehead atoms. The Labute approximate surface area is 165 Å². The largest absolute Gasteiger partial charge is 0.326 e. The van der Waals surface area contributed by atoms with Gasteiger partial charge in [-0.15, -0.1) is 0 Å². The lowest BCUT2D eigenvalue weighted by atomic mass is 9.81.